The van der Waals surface area contributed by atoms with Crippen LogP contribution >= 0.6 is 0 Å². The topological polar surface area (TPSA) is 58.6 Å². The second-order valence-corrected chi connectivity index (χ2v) is 7.39. The number of hydrogen-bond donors (Lipinski definition) is 1. The zero-order valence-corrected chi connectivity index (χ0v) is 16.0. The van der Waals surface area contributed by atoms with E-state index in [9.17, 15) is 9.59 Å². The van der Waals surface area contributed by atoms with Crippen LogP contribution in [0.5, 0.6) is 5.75 Å². The van der Waals surface area contributed by atoms with Gasteiger partial charge in [-0.2, -0.15) is 0 Å². The van der Waals surface area contributed by atoms with E-state index in [4.69, 9.17) is 4.74 Å². The number of nitrogens with one attached hydrogen (secondary N) is 1. The summed E-state index contributed by atoms with van der Waals surface area (Å²) in [4.78, 5) is 26.5. The van der Waals surface area contributed by atoms with Crippen molar-refractivity contribution in [2.45, 2.75) is 32.8 Å². The van der Waals surface area contributed by atoms with Crippen LogP contribution in [0, 0.1) is 13.8 Å². The summed E-state index contributed by atoms with van der Waals surface area (Å²) in [7, 11) is 1.62. The number of amides is 2. The summed E-state index contributed by atoms with van der Waals surface area (Å²) in [5.74, 6) is 0.734. The first-order chi connectivity index (χ1) is 13.0. The molecule has 0 radical (unpaired) electrons. The van der Waals surface area contributed by atoms with Gasteiger partial charge in [0.2, 0.25) is 0 Å². The third kappa shape index (κ3) is 3.07. The number of fused-ring (bicyclic) bond motifs is 3. The van der Waals surface area contributed by atoms with Crippen molar-refractivity contribution in [2.75, 3.05) is 20.1 Å². The molecule has 0 aliphatic carbocycles. The van der Waals surface area contributed by atoms with Crippen LogP contribution in [0.3, 0.4) is 0 Å². The van der Waals surface area contributed by atoms with Crippen LogP contribution in [-0.2, 0) is 6.42 Å². The molecule has 1 saturated heterocycles. The van der Waals surface area contributed by atoms with Crippen LogP contribution < -0.4 is 10.1 Å². The van der Waals surface area contributed by atoms with Crippen molar-refractivity contribution in [3.8, 4) is 5.75 Å². The second kappa shape index (κ2) is 6.72. The normalized spacial score (nSPS) is 18.0. The lowest BCUT2D eigenvalue weighted by Gasteiger charge is -2.21. The summed E-state index contributed by atoms with van der Waals surface area (Å²) >= 11 is 0. The second-order valence-electron chi connectivity index (χ2n) is 7.39. The average Bonchev–Trinajstić information content (AvgIpc) is 3.10. The highest BCUT2D eigenvalue weighted by atomic mass is 16.5. The monoisotopic (exact) mass is 364 g/mol. The van der Waals surface area contributed by atoms with Crippen LogP contribution in [0.15, 0.2) is 30.3 Å². The molecule has 2 amide bonds. The highest BCUT2D eigenvalue weighted by molar-refractivity contribution is 5.98. The van der Waals surface area contributed by atoms with Crippen molar-refractivity contribution in [1.29, 1.82) is 0 Å². The fourth-order valence-corrected chi connectivity index (χ4v) is 3.94. The smallest absolute Gasteiger partial charge is 0.257 e. The van der Waals surface area contributed by atoms with Gasteiger partial charge in [-0.05, 0) is 60.7 Å². The number of ether oxygens (including phenoxy) is 1. The van der Waals surface area contributed by atoms with Crippen molar-refractivity contribution in [1.82, 2.24) is 10.2 Å². The highest BCUT2D eigenvalue weighted by Gasteiger charge is 2.35. The van der Waals surface area contributed by atoms with Crippen molar-refractivity contribution >= 4 is 11.8 Å². The standard InChI is InChI=1S/C22H24N2O3/c1-13-14(2)20-19(22(26)24-9-8-18(12-24)27-20)11-17(13)10-15-4-6-16(7-5-15)21(25)23-3/h4-7,11,18H,8-10,12H2,1-3H3,(H,23,25)/t18-/m0/s1. The number of rotatable bonds is 3. The van der Waals surface area contributed by atoms with Crippen LogP contribution in [-0.4, -0.2) is 43.0 Å². The fraction of sp³-hybridized carbons (Fsp3) is 0.364. The first kappa shape index (κ1) is 17.6. The van der Waals surface area contributed by atoms with E-state index in [0.717, 1.165) is 41.0 Å². The van der Waals surface area contributed by atoms with Crippen molar-refractivity contribution in [2.24, 2.45) is 0 Å². The lowest BCUT2D eigenvalue weighted by Crippen LogP contribution is -2.28. The molecule has 2 heterocycles. The van der Waals surface area contributed by atoms with E-state index in [2.05, 4.69) is 12.2 Å². The zero-order valence-electron chi connectivity index (χ0n) is 16.0. The van der Waals surface area contributed by atoms with Gasteiger partial charge < -0.3 is 15.0 Å². The van der Waals surface area contributed by atoms with Crippen LogP contribution in [0.25, 0.3) is 0 Å². The summed E-state index contributed by atoms with van der Waals surface area (Å²) < 4.78 is 6.18. The molecule has 1 fully saturated rings. The molecule has 4 rings (SSSR count). The van der Waals surface area contributed by atoms with Gasteiger partial charge in [-0.3, -0.25) is 9.59 Å². The molecule has 2 bridgehead atoms. The predicted molar refractivity (Wildman–Crippen MR) is 103 cm³/mol. The van der Waals surface area contributed by atoms with Gasteiger partial charge in [-0.25, -0.2) is 0 Å². The molecule has 2 aromatic carbocycles. The van der Waals surface area contributed by atoms with Gasteiger partial charge in [0, 0.05) is 25.6 Å². The van der Waals surface area contributed by atoms with Gasteiger partial charge in [0.1, 0.15) is 11.9 Å². The van der Waals surface area contributed by atoms with Crippen LogP contribution in [0.4, 0.5) is 0 Å². The molecule has 0 aromatic heterocycles. The van der Waals surface area contributed by atoms with Gasteiger partial charge in [0.25, 0.3) is 11.8 Å². The molecule has 0 saturated carbocycles. The molecule has 5 heteroatoms. The summed E-state index contributed by atoms with van der Waals surface area (Å²) in [5, 5.41) is 2.63. The van der Waals surface area contributed by atoms with Crippen LogP contribution in [0.2, 0.25) is 0 Å². The van der Waals surface area contributed by atoms with Crippen molar-refractivity contribution in [3.05, 3.63) is 63.7 Å². The Kier molecular flexibility index (Phi) is 4.38. The minimum Gasteiger partial charge on any atom is -0.487 e. The van der Waals surface area contributed by atoms with Gasteiger partial charge in [-0.1, -0.05) is 12.1 Å². The third-order valence-electron chi connectivity index (χ3n) is 5.73. The minimum absolute atomic E-state index is 0.0734. The van der Waals surface area contributed by atoms with E-state index < -0.39 is 0 Å². The third-order valence-corrected chi connectivity index (χ3v) is 5.73. The molecule has 0 spiro atoms. The fourth-order valence-electron chi connectivity index (χ4n) is 3.94. The molecule has 5 nitrogen and oxygen atoms in total. The van der Waals surface area contributed by atoms with E-state index >= 15 is 0 Å². The SMILES string of the molecule is CNC(=O)c1ccc(Cc2cc3c(c(C)c2C)O[C@H]2CCN(C2)C3=O)cc1. The van der Waals surface area contributed by atoms with Crippen molar-refractivity contribution < 1.29 is 14.3 Å². The van der Waals surface area contributed by atoms with E-state index in [0.29, 0.717) is 24.1 Å². The predicted octanol–water partition coefficient (Wildman–Crippen LogP) is 2.86. The number of carbonyl (C=O) groups is 2. The first-order valence-electron chi connectivity index (χ1n) is 9.38. The van der Waals surface area contributed by atoms with Gasteiger partial charge in [0.15, 0.2) is 0 Å². The number of benzene rings is 2. The van der Waals surface area contributed by atoms with Crippen molar-refractivity contribution in [3.63, 3.8) is 0 Å². The molecule has 2 aromatic rings. The summed E-state index contributed by atoms with van der Waals surface area (Å²) in [6, 6.07) is 9.59. The molecule has 1 N–H and O–H groups in total. The first-order valence-corrected chi connectivity index (χ1v) is 9.38. The molecule has 1 atom stereocenters. The van der Waals surface area contributed by atoms with Gasteiger partial charge in [-0.15, -0.1) is 0 Å². The Balaban J connectivity index is 1.68. The zero-order chi connectivity index (χ0) is 19.1. The lowest BCUT2D eigenvalue weighted by molar-refractivity contribution is 0.0792. The Morgan fingerprint density at radius 3 is 2.67 bits per heavy atom. The number of carbonyl (C=O) groups excluding carboxylic acids is 2. The van der Waals surface area contributed by atoms with Gasteiger partial charge >= 0.3 is 0 Å². The molecule has 0 unspecified atom stereocenters. The Labute approximate surface area is 159 Å². The molecular weight excluding hydrogens is 340 g/mol. The van der Waals surface area contributed by atoms with E-state index in [1.165, 1.54) is 0 Å². The molecule has 2 aliphatic heterocycles. The van der Waals surface area contributed by atoms with Crippen LogP contribution in [0.1, 0.15) is 49.4 Å². The largest absolute Gasteiger partial charge is 0.487 e. The molecule has 140 valence electrons. The Hall–Kier alpha value is -2.82. The lowest BCUT2D eigenvalue weighted by atomic mass is 9.93. The minimum atomic E-state index is -0.0922. The van der Waals surface area contributed by atoms with E-state index in [1.807, 2.05) is 42.2 Å². The maximum absolute atomic E-state index is 12.9. The summed E-state index contributed by atoms with van der Waals surface area (Å²) in [6.45, 7) is 5.57. The summed E-state index contributed by atoms with van der Waals surface area (Å²) in [6.07, 6.45) is 1.73. The molecular formula is C22H24N2O3. The quantitative estimate of drug-likeness (QED) is 0.911. The maximum Gasteiger partial charge on any atom is 0.257 e. The van der Waals surface area contributed by atoms with Gasteiger partial charge in [0.05, 0.1) is 12.1 Å². The number of hydrogen-bond acceptors (Lipinski definition) is 3. The molecule has 27 heavy (non-hydrogen) atoms. The number of nitrogens with zero attached hydrogens (tertiary/aromatic N) is 1. The molecule has 2 aliphatic rings. The van der Waals surface area contributed by atoms with E-state index in [-0.39, 0.29) is 17.9 Å². The Bertz CT molecular complexity index is 918. The summed E-state index contributed by atoms with van der Waals surface area (Å²) in [5.41, 5.74) is 5.75. The average molecular weight is 364 g/mol. The Morgan fingerprint density at radius 2 is 1.96 bits per heavy atom. The maximum atomic E-state index is 12.9. The van der Waals surface area contributed by atoms with E-state index in [1.54, 1.807) is 7.05 Å². The highest BCUT2D eigenvalue weighted by Crippen LogP contribution is 2.36. The Morgan fingerprint density at radius 1 is 1.22 bits per heavy atom.